The van der Waals surface area contributed by atoms with Gasteiger partial charge in [0.2, 0.25) is 0 Å². The fourth-order valence-electron chi connectivity index (χ4n) is 2.38. The van der Waals surface area contributed by atoms with E-state index in [-0.39, 0.29) is 17.1 Å². The maximum atomic E-state index is 13.9. The molecule has 0 unspecified atom stereocenters. The molecule has 0 radical (unpaired) electrons. The first-order valence-electron chi connectivity index (χ1n) is 5.69. The van der Waals surface area contributed by atoms with E-state index in [2.05, 4.69) is 0 Å². The molecule has 92 valence electrons. The Morgan fingerprint density at radius 2 is 1.88 bits per heavy atom. The first-order chi connectivity index (χ1) is 8.12. The van der Waals surface area contributed by atoms with Crippen LogP contribution in [-0.4, -0.2) is 13.2 Å². The molecule has 1 heterocycles. The molecule has 1 fully saturated rings. The van der Waals surface area contributed by atoms with E-state index in [1.807, 2.05) is 0 Å². The van der Waals surface area contributed by atoms with Crippen molar-refractivity contribution in [3.8, 4) is 11.5 Å². The highest BCUT2D eigenvalue weighted by molar-refractivity contribution is 5.52. The van der Waals surface area contributed by atoms with Crippen LogP contribution in [0.3, 0.4) is 0 Å². The van der Waals surface area contributed by atoms with Crippen LogP contribution in [0, 0.1) is 11.6 Å². The fraction of sp³-hybridized carbons (Fsp3) is 0.500. The van der Waals surface area contributed by atoms with Crippen LogP contribution >= 0.6 is 0 Å². The number of ether oxygens (including phenoxy) is 2. The van der Waals surface area contributed by atoms with Crippen molar-refractivity contribution < 1.29 is 18.3 Å². The number of nitrogens with two attached hydrogens (primary N) is 1. The summed E-state index contributed by atoms with van der Waals surface area (Å²) in [6.07, 6.45) is 2.20. The largest absolute Gasteiger partial charge is 0.486 e. The molecule has 0 bridgehead atoms. The molecule has 1 aromatic rings. The molecule has 0 spiro atoms. The van der Waals surface area contributed by atoms with Gasteiger partial charge in [0.05, 0.1) is 5.56 Å². The molecule has 0 aromatic heterocycles. The topological polar surface area (TPSA) is 44.5 Å². The highest BCUT2D eigenvalue weighted by Crippen LogP contribution is 2.48. The highest BCUT2D eigenvalue weighted by Gasteiger charge is 2.42. The van der Waals surface area contributed by atoms with Crippen LogP contribution in [-0.2, 0) is 5.54 Å². The summed E-state index contributed by atoms with van der Waals surface area (Å²) in [5, 5.41) is 0. The van der Waals surface area contributed by atoms with E-state index in [4.69, 9.17) is 15.2 Å². The van der Waals surface area contributed by atoms with Gasteiger partial charge in [0, 0.05) is 11.6 Å². The summed E-state index contributed by atoms with van der Waals surface area (Å²) in [7, 11) is 0. The third-order valence-electron chi connectivity index (χ3n) is 3.47. The van der Waals surface area contributed by atoms with Crippen molar-refractivity contribution in [3.63, 3.8) is 0 Å². The minimum Gasteiger partial charge on any atom is -0.486 e. The number of rotatable bonds is 1. The number of benzene rings is 1. The van der Waals surface area contributed by atoms with Gasteiger partial charge in [0.15, 0.2) is 23.1 Å². The van der Waals surface area contributed by atoms with Gasteiger partial charge in [-0.3, -0.25) is 0 Å². The number of hydrogen-bond acceptors (Lipinski definition) is 3. The lowest BCUT2D eigenvalue weighted by atomic mass is 9.72. The third kappa shape index (κ3) is 1.49. The van der Waals surface area contributed by atoms with Gasteiger partial charge in [0.1, 0.15) is 13.2 Å². The number of hydrogen-bond donors (Lipinski definition) is 1. The van der Waals surface area contributed by atoms with E-state index in [1.54, 1.807) is 0 Å². The van der Waals surface area contributed by atoms with Gasteiger partial charge in [-0.15, -0.1) is 0 Å². The average Bonchev–Trinajstić information content (AvgIpc) is 2.28. The van der Waals surface area contributed by atoms with Crippen LogP contribution in [0.15, 0.2) is 6.07 Å². The van der Waals surface area contributed by atoms with E-state index in [0.717, 1.165) is 12.5 Å². The standard InChI is InChI=1S/C12H13F2NO2/c13-7-6-8-11(17-5-4-16-8)9(10(7)14)12(15)2-1-3-12/h6H,1-5,15H2. The lowest BCUT2D eigenvalue weighted by Gasteiger charge is -2.40. The molecular formula is C12H13F2NO2. The molecule has 1 aliphatic heterocycles. The Labute approximate surface area is 97.5 Å². The van der Waals surface area contributed by atoms with Gasteiger partial charge in [-0.25, -0.2) is 8.78 Å². The van der Waals surface area contributed by atoms with Crippen molar-refractivity contribution in [1.82, 2.24) is 0 Å². The van der Waals surface area contributed by atoms with Crippen LogP contribution in [0.5, 0.6) is 11.5 Å². The third-order valence-corrected chi connectivity index (χ3v) is 3.47. The Balaban J connectivity index is 2.20. The summed E-state index contributed by atoms with van der Waals surface area (Å²) in [5.41, 5.74) is 5.40. The average molecular weight is 241 g/mol. The van der Waals surface area contributed by atoms with E-state index in [1.165, 1.54) is 0 Å². The predicted octanol–water partition coefficient (Wildman–Crippen LogP) is 2.07. The molecule has 1 saturated carbocycles. The summed E-state index contributed by atoms with van der Waals surface area (Å²) in [4.78, 5) is 0. The molecule has 2 N–H and O–H groups in total. The number of halogens is 2. The van der Waals surface area contributed by atoms with Crippen molar-refractivity contribution >= 4 is 0 Å². The minimum absolute atomic E-state index is 0.137. The normalized spacial score (nSPS) is 20.9. The molecule has 1 aromatic carbocycles. The second-order valence-corrected chi connectivity index (χ2v) is 4.58. The van der Waals surface area contributed by atoms with Crippen molar-refractivity contribution in [2.45, 2.75) is 24.8 Å². The lowest BCUT2D eigenvalue weighted by molar-refractivity contribution is 0.154. The maximum Gasteiger partial charge on any atom is 0.169 e. The van der Waals surface area contributed by atoms with Crippen molar-refractivity contribution in [3.05, 3.63) is 23.3 Å². The zero-order chi connectivity index (χ0) is 12.0. The van der Waals surface area contributed by atoms with Crippen LogP contribution in [0.1, 0.15) is 24.8 Å². The first-order valence-corrected chi connectivity index (χ1v) is 5.69. The Kier molecular flexibility index (Phi) is 2.26. The molecule has 5 heteroatoms. The van der Waals surface area contributed by atoms with Gasteiger partial charge in [0.25, 0.3) is 0 Å². The Hall–Kier alpha value is -1.36. The van der Waals surface area contributed by atoms with Crippen LogP contribution < -0.4 is 15.2 Å². The van der Waals surface area contributed by atoms with Crippen molar-refractivity contribution in [2.24, 2.45) is 5.73 Å². The summed E-state index contributed by atoms with van der Waals surface area (Å²) in [6.45, 7) is 0.677. The van der Waals surface area contributed by atoms with Crippen LogP contribution in [0.2, 0.25) is 0 Å². The molecule has 3 rings (SSSR count). The van der Waals surface area contributed by atoms with E-state index in [9.17, 15) is 8.78 Å². The first kappa shape index (κ1) is 10.8. The predicted molar refractivity (Wildman–Crippen MR) is 57.1 cm³/mol. The van der Waals surface area contributed by atoms with E-state index in [0.29, 0.717) is 26.1 Å². The van der Waals surface area contributed by atoms with Crippen molar-refractivity contribution in [1.29, 1.82) is 0 Å². The summed E-state index contributed by atoms with van der Waals surface area (Å²) in [6, 6.07) is 1.02. The molecule has 1 aliphatic carbocycles. The van der Waals surface area contributed by atoms with Crippen molar-refractivity contribution in [2.75, 3.05) is 13.2 Å². The summed E-state index contributed by atoms with van der Waals surface area (Å²) >= 11 is 0. The van der Waals surface area contributed by atoms with Crippen LogP contribution in [0.25, 0.3) is 0 Å². The molecule has 0 saturated heterocycles. The van der Waals surface area contributed by atoms with Gasteiger partial charge < -0.3 is 15.2 Å². The zero-order valence-corrected chi connectivity index (χ0v) is 9.26. The molecule has 0 atom stereocenters. The van der Waals surface area contributed by atoms with E-state index < -0.39 is 17.2 Å². The molecule has 17 heavy (non-hydrogen) atoms. The van der Waals surface area contributed by atoms with Gasteiger partial charge in [-0.1, -0.05) is 0 Å². The molecule has 3 nitrogen and oxygen atoms in total. The lowest BCUT2D eigenvalue weighted by Crippen LogP contribution is -2.45. The van der Waals surface area contributed by atoms with Gasteiger partial charge >= 0.3 is 0 Å². The second kappa shape index (κ2) is 3.57. The van der Waals surface area contributed by atoms with Gasteiger partial charge in [-0.05, 0) is 19.3 Å². The molecule has 2 aliphatic rings. The Bertz CT molecular complexity index is 472. The minimum atomic E-state index is -0.930. The monoisotopic (exact) mass is 241 g/mol. The molecular weight excluding hydrogens is 228 g/mol. The Morgan fingerprint density at radius 3 is 2.53 bits per heavy atom. The summed E-state index contributed by atoms with van der Waals surface area (Å²) in [5.74, 6) is -1.31. The maximum absolute atomic E-state index is 13.9. The zero-order valence-electron chi connectivity index (χ0n) is 9.26. The second-order valence-electron chi connectivity index (χ2n) is 4.58. The smallest absolute Gasteiger partial charge is 0.169 e. The quantitative estimate of drug-likeness (QED) is 0.818. The fourth-order valence-corrected chi connectivity index (χ4v) is 2.38. The Morgan fingerprint density at radius 1 is 1.18 bits per heavy atom. The molecule has 0 amide bonds. The van der Waals surface area contributed by atoms with E-state index >= 15 is 0 Å². The van der Waals surface area contributed by atoms with Gasteiger partial charge in [-0.2, -0.15) is 0 Å². The SMILES string of the molecule is NC1(c2c(F)c(F)cc3c2OCCO3)CCC1. The summed E-state index contributed by atoms with van der Waals surface area (Å²) < 4.78 is 38.1. The number of fused-ring (bicyclic) bond motifs is 1. The highest BCUT2D eigenvalue weighted by atomic mass is 19.2. The van der Waals surface area contributed by atoms with Crippen LogP contribution in [0.4, 0.5) is 8.78 Å².